The van der Waals surface area contributed by atoms with Gasteiger partial charge < -0.3 is 10.4 Å². The number of aromatic amines is 1. The average Bonchev–Trinajstić information content (AvgIpc) is 3.22. The average molecular weight is 493 g/mol. The van der Waals surface area contributed by atoms with Crippen molar-refractivity contribution in [1.29, 1.82) is 0 Å². The number of H-pyrrole nitrogens is 1. The molecule has 1 aliphatic heterocycles. The number of carboxylic acids is 1. The first-order valence-corrected chi connectivity index (χ1v) is 11.2. The number of aromatic nitrogens is 2. The number of likely N-dealkylation sites (tertiary alicyclic amines) is 1. The summed E-state index contributed by atoms with van der Waals surface area (Å²) in [7, 11) is 0. The van der Waals surface area contributed by atoms with Crippen LogP contribution in [-0.2, 0) is 17.8 Å². The number of nitrogens with zero attached hydrogens (tertiary/aromatic N) is 2. The lowest BCUT2D eigenvalue weighted by molar-refractivity contribution is -0.152. The second-order valence-electron chi connectivity index (χ2n) is 8.70. The van der Waals surface area contributed by atoms with Crippen molar-refractivity contribution >= 4 is 29.1 Å². The molecule has 6 nitrogen and oxygen atoms in total. The lowest BCUT2D eigenvalue weighted by atomic mass is 9.73. The zero-order valence-electron chi connectivity index (χ0n) is 18.5. The van der Waals surface area contributed by atoms with Crippen LogP contribution in [0, 0.1) is 29.8 Å². The third-order valence-corrected chi connectivity index (χ3v) is 6.65. The van der Waals surface area contributed by atoms with Gasteiger partial charge >= 0.3 is 5.97 Å². The number of benzene rings is 2. The predicted molar refractivity (Wildman–Crippen MR) is 123 cm³/mol. The summed E-state index contributed by atoms with van der Waals surface area (Å²) in [6.07, 6.45) is 0.0354. The van der Waals surface area contributed by atoms with Crippen molar-refractivity contribution < 1.29 is 23.1 Å². The van der Waals surface area contributed by atoms with E-state index < -0.39 is 28.8 Å². The molecule has 3 aromatic rings. The summed E-state index contributed by atoms with van der Waals surface area (Å²) >= 11 is 5.85. The van der Waals surface area contributed by atoms with Gasteiger partial charge in [-0.1, -0.05) is 23.7 Å². The Morgan fingerprint density at radius 2 is 1.94 bits per heavy atom. The molecule has 0 atom stereocenters. The molecule has 4 rings (SSSR count). The SMILES string of the molecule is Cc1cc(Nc2ccc(F)c(CC3(C(=O)O)CCN(Cc4cccc(Cl)c4F)CC3)c2F)n[nH]1. The van der Waals surface area contributed by atoms with Crippen molar-refractivity contribution in [3.05, 3.63) is 75.7 Å². The largest absolute Gasteiger partial charge is 0.481 e. The van der Waals surface area contributed by atoms with E-state index in [2.05, 4.69) is 15.5 Å². The molecule has 3 N–H and O–H groups in total. The number of hydrogen-bond donors (Lipinski definition) is 3. The summed E-state index contributed by atoms with van der Waals surface area (Å²) in [4.78, 5) is 14.2. The smallest absolute Gasteiger partial charge is 0.310 e. The van der Waals surface area contributed by atoms with Gasteiger partial charge in [-0.3, -0.25) is 14.8 Å². The second-order valence-corrected chi connectivity index (χ2v) is 9.11. The highest BCUT2D eigenvalue weighted by atomic mass is 35.5. The van der Waals surface area contributed by atoms with E-state index in [1.165, 1.54) is 12.1 Å². The summed E-state index contributed by atoms with van der Waals surface area (Å²) in [5.74, 6) is -2.89. The van der Waals surface area contributed by atoms with Crippen LogP contribution in [0.25, 0.3) is 0 Å². The van der Waals surface area contributed by atoms with Gasteiger partial charge in [-0.25, -0.2) is 13.2 Å². The molecule has 2 aromatic carbocycles. The Bertz CT molecular complexity index is 1210. The zero-order chi connectivity index (χ0) is 24.5. The number of carboxylic acid groups (broad SMARTS) is 1. The maximum absolute atomic E-state index is 15.3. The van der Waals surface area contributed by atoms with Gasteiger partial charge in [0.25, 0.3) is 0 Å². The normalized spacial score (nSPS) is 15.9. The minimum Gasteiger partial charge on any atom is -0.481 e. The number of halogens is 4. The van der Waals surface area contributed by atoms with Crippen LogP contribution in [0.4, 0.5) is 24.7 Å². The van der Waals surface area contributed by atoms with Crippen LogP contribution in [0.3, 0.4) is 0 Å². The molecule has 0 bridgehead atoms. The van der Waals surface area contributed by atoms with Crippen LogP contribution in [0.15, 0.2) is 36.4 Å². The summed E-state index contributed by atoms with van der Waals surface area (Å²) in [5, 5.41) is 19.6. The van der Waals surface area contributed by atoms with Crippen molar-refractivity contribution in [2.24, 2.45) is 5.41 Å². The number of piperidine rings is 1. The minimum absolute atomic E-state index is 0.0114. The van der Waals surface area contributed by atoms with Crippen molar-refractivity contribution in [3.63, 3.8) is 0 Å². The Morgan fingerprint density at radius 1 is 1.21 bits per heavy atom. The van der Waals surface area contributed by atoms with Crippen LogP contribution in [0.1, 0.15) is 29.7 Å². The third-order valence-electron chi connectivity index (χ3n) is 6.36. The van der Waals surface area contributed by atoms with Gasteiger partial charge in [-0.15, -0.1) is 0 Å². The van der Waals surface area contributed by atoms with E-state index in [0.717, 1.165) is 11.8 Å². The van der Waals surface area contributed by atoms with Gasteiger partial charge in [-0.2, -0.15) is 5.10 Å². The molecule has 0 unspecified atom stereocenters. The molecular weight excluding hydrogens is 469 g/mol. The number of hydrogen-bond acceptors (Lipinski definition) is 4. The highest BCUT2D eigenvalue weighted by molar-refractivity contribution is 6.30. The van der Waals surface area contributed by atoms with Crippen LogP contribution < -0.4 is 5.32 Å². The summed E-state index contributed by atoms with van der Waals surface area (Å²) in [5.41, 5.74) is -0.433. The minimum atomic E-state index is -1.34. The van der Waals surface area contributed by atoms with E-state index in [0.29, 0.717) is 24.5 Å². The van der Waals surface area contributed by atoms with E-state index in [1.807, 2.05) is 4.90 Å². The first-order chi connectivity index (χ1) is 16.2. The molecule has 1 saturated heterocycles. The van der Waals surface area contributed by atoms with E-state index >= 15 is 4.39 Å². The molecule has 1 aromatic heterocycles. The lowest BCUT2D eigenvalue weighted by Crippen LogP contribution is -2.45. The Balaban J connectivity index is 1.52. The molecular formula is C24H24ClF3N4O2. The number of carbonyl (C=O) groups is 1. The fraction of sp³-hybridized carbons (Fsp3) is 0.333. The van der Waals surface area contributed by atoms with Crippen LogP contribution in [0.2, 0.25) is 5.02 Å². The first-order valence-electron chi connectivity index (χ1n) is 10.8. The molecule has 1 aliphatic rings. The zero-order valence-corrected chi connectivity index (χ0v) is 19.2. The fourth-order valence-electron chi connectivity index (χ4n) is 4.33. The van der Waals surface area contributed by atoms with Gasteiger partial charge in [0.15, 0.2) is 11.6 Å². The van der Waals surface area contributed by atoms with Crippen molar-refractivity contribution in [2.75, 3.05) is 18.4 Å². The van der Waals surface area contributed by atoms with Crippen LogP contribution in [0.5, 0.6) is 0 Å². The second kappa shape index (κ2) is 9.68. The number of aryl methyl sites for hydroxylation is 1. The maximum atomic E-state index is 15.3. The summed E-state index contributed by atoms with van der Waals surface area (Å²) in [6, 6.07) is 8.79. The van der Waals surface area contributed by atoms with Gasteiger partial charge in [0.2, 0.25) is 0 Å². The van der Waals surface area contributed by atoms with Crippen molar-refractivity contribution in [3.8, 4) is 0 Å². The summed E-state index contributed by atoms with van der Waals surface area (Å²) in [6.45, 7) is 2.74. The Hall–Kier alpha value is -3.04. The van der Waals surface area contributed by atoms with E-state index in [9.17, 15) is 18.7 Å². The van der Waals surface area contributed by atoms with Gasteiger partial charge in [0, 0.05) is 29.4 Å². The molecule has 180 valence electrons. The van der Waals surface area contributed by atoms with E-state index in [4.69, 9.17) is 11.6 Å². The molecule has 10 heteroatoms. The Kier molecular flexibility index (Phi) is 6.86. The number of anilines is 2. The van der Waals surface area contributed by atoms with Gasteiger partial charge in [0.05, 0.1) is 16.1 Å². The Labute approximate surface area is 199 Å². The molecule has 34 heavy (non-hydrogen) atoms. The monoisotopic (exact) mass is 492 g/mol. The molecule has 0 saturated carbocycles. The van der Waals surface area contributed by atoms with Crippen LogP contribution in [-0.4, -0.2) is 39.3 Å². The quantitative estimate of drug-likeness (QED) is 0.409. The molecule has 2 heterocycles. The van der Waals surface area contributed by atoms with Gasteiger partial charge in [0.1, 0.15) is 11.6 Å². The molecule has 0 radical (unpaired) electrons. The highest BCUT2D eigenvalue weighted by Crippen LogP contribution is 2.38. The van der Waals surface area contributed by atoms with Crippen molar-refractivity contribution in [1.82, 2.24) is 15.1 Å². The fourth-order valence-corrected chi connectivity index (χ4v) is 4.53. The summed E-state index contributed by atoms with van der Waals surface area (Å²) < 4.78 is 44.2. The predicted octanol–water partition coefficient (Wildman–Crippen LogP) is 5.44. The molecule has 0 amide bonds. The standard InChI is InChI=1S/C24H24ClF3N4O2/c1-14-11-20(31-30-14)29-19-6-5-18(26)16(22(19)28)12-24(23(33)34)7-9-32(10-8-24)13-15-3-2-4-17(25)21(15)27/h2-6,11H,7-10,12-13H2,1H3,(H,33,34)(H2,29,30,31). The Morgan fingerprint density at radius 3 is 2.59 bits per heavy atom. The van der Waals surface area contributed by atoms with Gasteiger partial charge in [-0.05, 0) is 57.5 Å². The van der Waals surface area contributed by atoms with Crippen molar-refractivity contribution in [2.45, 2.75) is 32.7 Å². The first kappa shape index (κ1) is 24.1. The van der Waals surface area contributed by atoms with Crippen LogP contribution >= 0.6 is 11.6 Å². The highest BCUT2D eigenvalue weighted by Gasteiger charge is 2.43. The maximum Gasteiger partial charge on any atom is 0.310 e. The number of nitrogens with one attached hydrogen (secondary N) is 2. The third kappa shape index (κ3) is 4.90. The number of aliphatic carboxylic acids is 1. The topological polar surface area (TPSA) is 81.2 Å². The molecule has 1 fully saturated rings. The molecule has 0 spiro atoms. The van der Waals surface area contributed by atoms with E-state index in [1.54, 1.807) is 25.1 Å². The number of rotatable bonds is 7. The lowest BCUT2D eigenvalue weighted by Gasteiger charge is -2.39. The van der Waals surface area contributed by atoms with E-state index in [-0.39, 0.29) is 42.1 Å². The molecule has 0 aliphatic carbocycles.